The second-order valence-corrected chi connectivity index (χ2v) is 4.40. The van der Waals surface area contributed by atoms with E-state index < -0.39 is 11.8 Å². The summed E-state index contributed by atoms with van der Waals surface area (Å²) in [6.45, 7) is 1.80. The molecule has 2 aromatic rings. The third-order valence-electron chi connectivity index (χ3n) is 2.76. The molecule has 0 aliphatic carbocycles. The molecule has 0 saturated heterocycles. The summed E-state index contributed by atoms with van der Waals surface area (Å²) in [4.78, 5) is 10.5. The van der Waals surface area contributed by atoms with E-state index in [9.17, 15) is 9.18 Å². The van der Waals surface area contributed by atoms with Gasteiger partial charge in [0.15, 0.2) is 0 Å². The maximum atomic E-state index is 13.7. The van der Waals surface area contributed by atoms with Gasteiger partial charge in [-0.3, -0.25) is 4.79 Å². The number of hydrogen-bond acceptors (Lipinski definition) is 5. The first kappa shape index (κ1) is 13.9. The molecule has 0 radical (unpaired) electrons. The topological polar surface area (TPSA) is 92.9 Å². The molecule has 1 aromatic heterocycles. The third-order valence-corrected chi connectivity index (χ3v) is 2.76. The van der Waals surface area contributed by atoms with E-state index in [0.717, 1.165) is 0 Å². The zero-order valence-electron chi connectivity index (χ0n) is 10.8. The number of aliphatic carboxylic acids is 1. The summed E-state index contributed by atoms with van der Waals surface area (Å²) in [5.74, 6) is -1.29. The Morgan fingerprint density at radius 2 is 2.35 bits per heavy atom. The highest BCUT2D eigenvalue weighted by molar-refractivity contribution is 5.66. The molecule has 2 rings (SSSR count). The number of carbonyl (C=O) groups is 1. The van der Waals surface area contributed by atoms with E-state index in [1.165, 1.54) is 17.1 Å². The fraction of sp³-hybridized carbons (Fsp3) is 0.333. The number of nitrogens with zero attached hydrogens (tertiary/aromatic N) is 4. The Balaban J connectivity index is 2.11. The number of hydrogen-bond donors (Lipinski definition) is 2. The van der Waals surface area contributed by atoms with Gasteiger partial charge >= 0.3 is 5.97 Å². The molecule has 1 heterocycles. The fourth-order valence-electron chi connectivity index (χ4n) is 1.72. The highest BCUT2D eigenvalue weighted by Gasteiger charge is 2.10. The quantitative estimate of drug-likeness (QED) is 0.831. The van der Waals surface area contributed by atoms with Gasteiger partial charge in [-0.1, -0.05) is 0 Å². The van der Waals surface area contributed by atoms with E-state index in [1.54, 1.807) is 19.1 Å². The second kappa shape index (κ2) is 6.09. The molecule has 0 saturated carbocycles. The van der Waals surface area contributed by atoms with Gasteiger partial charge in [-0.2, -0.15) is 0 Å². The number of carboxylic acid groups (broad SMARTS) is 1. The Kier molecular flexibility index (Phi) is 4.24. The van der Waals surface area contributed by atoms with E-state index in [-0.39, 0.29) is 18.2 Å². The van der Waals surface area contributed by atoms with Gasteiger partial charge in [0.05, 0.1) is 11.4 Å². The molecule has 1 unspecified atom stereocenters. The average molecular weight is 279 g/mol. The molecule has 0 spiro atoms. The van der Waals surface area contributed by atoms with Crippen molar-refractivity contribution in [1.29, 1.82) is 0 Å². The minimum atomic E-state index is -0.874. The normalized spacial score (nSPS) is 12.1. The third kappa shape index (κ3) is 3.50. The summed E-state index contributed by atoms with van der Waals surface area (Å²) < 4.78 is 15.1. The predicted octanol–water partition coefficient (Wildman–Crippen LogP) is 1.47. The lowest BCUT2D eigenvalue weighted by Crippen LogP contribution is -2.17. The monoisotopic (exact) mass is 279 g/mol. The van der Waals surface area contributed by atoms with Gasteiger partial charge in [0.2, 0.25) is 0 Å². The highest BCUT2D eigenvalue weighted by Crippen LogP contribution is 2.19. The van der Waals surface area contributed by atoms with Crippen molar-refractivity contribution in [3.05, 3.63) is 30.3 Å². The largest absolute Gasteiger partial charge is 0.481 e. The van der Waals surface area contributed by atoms with E-state index in [4.69, 9.17) is 5.11 Å². The van der Waals surface area contributed by atoms with Crippen molar-refractivity contribution in [3.8, 4) is 5.69 Å². The van der Waals surface area contributed by atoms with E-state index in [1.807, 2.05) is 0 Å². The van der Waals surface area contributed by atoms with Crippen LogP contribution in [-0.4, -0.2) is 37.3 Å². The van der Waals surface area contributed by atoms with Crippen LogP contribution >= 0.6 is 0 Å². The Morgan fingerprint density at radius 3 is 3.00 bits per heavy atom. The maximum Gasteiger partial charge on any atom is 0.303 e. The molecule has 0 bridgehead atoms. The molecule has 20 heavy (non-hydrogen) atoms. The fourth-order valence-corrected chi connectivity index (χ4v) is 1.72. The van der Waals surface area contributed by atoms with Crippen LogP contribution in [0.1, 0.15) is 19.8 Å². The zero-order chi connectivity index (χ0) is 14.5. The maximum absolute atomic E-state index is 13.7. The molecule has 106 valence electrons. The lowest BCUT2D eigenvalue weighted by molar-refractivity contribution is -0.137. The minimum Gasteiger partial charge on any atom is -0.481 e. The first-order valence-corrected chi connectivity index (χ1v) is 6.07. The SMILES string of the molecule is CC(CCC(=O)O)Nc1cc(-n2cnnn2)ccc1F. The lowest BCUT2D eigenvalue weighted by Gasteiger charge is -2.15. The van der Waals surface area contributed by atoms with Crippen LogP contribution in [0.3, 0.4) is 0 Å². The second-order valence-electron chi connectivity index (χ2n) is 4.40. The van der Waals surface area contributed by atoms with E-state index in [0.29, 0.717) is 12.1 Å². The van der Waals surface area contributed by atoms with Crippen LogP contribution in [0.2, 0.25) is 0 Å². The molecular weight excluding hydrogens is 265 g/mol. The molecule has 0 fully saturated rings. The molecule has 0 amide bonds. The Bertz CT molecular complexity index is 588. The van der Waals surface area contributed by atoms with Crippen LogP contribution in [0.5, 0.6) is 0 Å². The van der Waals surface area contributed by atoms with Crippen molar-refractivity contribution in [2.24, 2.45) is 0 Å². The summed E-state index contributed by atoms with van der Waals surface area (Å²) in [6, 6.07) is 4.27. The number of aromatic nitrogens is 4. The van der Waals surface area contributed by atoms with Gasteiger partial charge in [0.1, 0.15) is 12.1 Å². The summed E-state index contributed by atoms with van der Waals surface area (Å²) in [7, 11) is 0. The molecule has 2 N–H and O–H groups in total. The number of nitrogens with one attached hydrogen (secondary N) is 1. The highest BCUT2D eigenvalue weighted by atomic mass is 19.1. The van der Waals surface area contributed by atoms with Crippen LogP contribution < -0.4 is 5.32 Å². The summed E-state index contributed by atoms with van der Waals surface area (Å²) >= 11 is 0. The van der Waals surface area contributed by atoms with Gasteiger partial charge in [0.25, 0.3) is 0 Å². The van der Waals surface area contributed by atoms with Crippen molar-refractivity contribution in [1.82, 2.24) is 20.2 Å². The van der Waals surface area contributed by atoms with E-state index in [2.05, 4.69) is 20.8 Å². The van der Waals surface area contributed by atoms with Crippen LogP contribution in [0.25, 0.3) is 5.69 Å². The van der Waals surface area contributed by atoms with Gasteiger partial charge in [0, 0.05) is 12.5 Å². The zero-order valence-corrected chi connectivity index (χ0v) is 10.8. The Hall–Kier alpha value is -2.51. The molecule has 1 atom stereocenters. The van der Waals surface area contributed by atoms with Gasteiger partial charge in [-0.25, -0.2) is 9.07 Å². The molecule has 0 aliphatic rings. The summed E-state index contributed by atoms with van der Waals surface area (Å²) in [5, 5.41) is 22.3. The smallest absolute Gasteiger partial charge is 0.303 e. The van der Waals surface area contributed by atoms with Gasteiger partial charge in [-0.05, 0) is 42.0 Å². The molecule has 8 heteroatoms. The minimum absolute atomic E-state index is 0.0302. The standard InChI is InChI=1S/C12H14FN5O2/c1-8(2-5-12(19)20)15-11-6-9(3-4-10(11)13)18-7-14-16-17-18/h3-4,6-8,15H,2,5H2,1H3,(H,19,20). The summed E-state index contributed by atoms with van der Waals surface area (Å²) in [6.07, 6.45) is 1.84. The van der Waals surface area contributed by atoms with Crippen molar-refractivity contribution < 1.29 is 14.3 Å². The van der Waals surface area contributed by atoms with E-state index >= 15 is 0 Å². The molecular formula is C12H14FN5O2. The molecule has 1 aromatic carbocycles. The number of tetrazole rings is 1. The van der Waals surface area contributed by atoms with Crippen molar-refractivity contribution >= 4 is 11.7 Å². The van der Waals surface area contributed by atoms with Crippen molar-refractivity contribution in [3.63, 3.8) is 0 Å². The number of benzene rings is 1. The number of carboxylic acids is 1. The van der Waals surface area contributed by atoms with Crippen LogP contribution in [0.4, 0.5) is 10.1 Å². The molecule has 7 nitrogen and oxygen atoms in total. The van der Waals surface area contributed by atoms with Gasteiger partial charge in [-0.15, -0.1) is 5.10 Å². The molecule has 0 aliphatic heterocycles. The Labute approximate surface area is 114 Å². The first-order chi connectivity index (χ1) is 9.56. The number of rotatable bonds is 6. The van der Waals surface area contributed by atoms with Crippen molar-refractivity contribution in [2.75, 3.05) is 5.32 Å². The van der Waals surface area contributed by atoms with Crippen LogP contribution in [-0.2, 0) is 4.79 Å². The van der Waals surface area contributed by atoms with Crippen LogP contribution in [0, 0.1) is 5.82 Å². The number of anilines is 1. The average Bonchev–Trinajstić information content (AvgIpc) is 2.93. The predicted molar refractivity (Wildman–Crippen MR) is 69.1 cm³/mol. The first-order valence-electron chi connectivity index (χ1n) is 6.07. The lowest BCUT2D eigenvalue weighted by atomic mass is 10.1. The summed E-state index contributed by atoms with van der Waals surface area (Å²) in [5.41, 5.74) is 0.903. The van der Waals surface area contributed by atoms with Crippen LogP contribution in [0.15, 0.2) is 24.5 Å². The van der Waals surface area contributed by atoms with Gasteiger partial charge < -0.3 is 10.4 Å². The Morgan fingerprint density at radius 1 is 1.55 bits per heavy atom. The van der Waals surface area contributed by atoms with Crippen molar-refractivity contribution in [2.45, 2.75) is 25.8 Å². The number of halogens is 1.